The molecule has 0 bridgehead atoms. The van der Waals surface area contributed by atoms with Crippen LogP contribution in [0.1, 0.15) is 11.3 Å². The molecule has 0 atom stereocenters. The Balaban J connectivity index is 2.18. The predicted molar refractivity (Wildman–Crippen MR) is 86.6 cm³/mol. The van der Waals surface area contributed by atoms with E-state index in [1.54, 1.807) is 18.2 Å². The number of halogens is 5. The van der Waals surface area contributed by atoms with Crippen LogP contribution in [-0.2, 0) is 12.7 Å². The van der Waals surface area contributed by atoms with E-state index in [4.69, 9.17) is 23.2 Å². The molecule has 0 aliphatic heterocycles. The molecule has 3 nitrogen and oxygen atoms in total. The van der Waals surface area contributed by atoms with Gasteiger partial charge in [-0.25, -0.2) is 0 Å². The SMILES string of the molecule is O=c1ccn(Cc2ccc(Cl)c(Cl)c2)c2ccnc(C(F)(F)F)c12. The average molecular weight is 373 g/mol. The van der Waals surface area contributed by atoms with Gasteiger partial charge < -0.3 is 4.57 Å². The standard InChI is InChI=1S/C16H9Cl2F3N2O/c17-10-2-1-9(7-11(10)18)8-23-6-4-13(24)14-12(23)3-5-22-15(14)16(19,20)21/h1-7H,8H2. The Hall–Kier alpha value is -2.05. The summed E-state index contributed by atoms with van der Waals surface area (Å²) in [5, 5.41) is 0.276. The van der Waals surface area contributed by atoms with Gasteiger partial charge in [-0.1, -0.05) is 29.3 Å². The minimum absolute atomic E-state index is 0.149. The molecule has 2 aromatic heterocycles. The van der Waals surface area contributed by atoms with Crippen LogP contribution < -0.4 is 5.43 Å². The van der Waals surface area contributed by atoms with Crippen molar-refractivity contribution in [2.45, 2.75) is 12.7 Å². The Bertz CT molecular complexity index is 983. The van der Waals surface area contributed by atoms with Crippen molar-refractivity contribution in [3.63, 3.8) is 0 Å². The number of nitrogens with zero attached hydrogens (tertiary/aromatic N) is 2. The number of fused-ring (bicyclic) bond motifs is 1. The van der Waals surface area contributed by atoms with Crippen LogP contribution in [0.4, 0.5) is 13.2 Å². The predicted octanol–water partition coefficient (Wildman–Crippen LogP) is 4.77. The Labute approximate surface area is 144 Å². The van der Waals surface area contributed by atoms with E-state index < -0.39 is 22.7 Å². The van der Waals surface area contributed by atoms with Gasteiger partial charge in [0.1, 0.15) is 0 Å². The summed E-state index contributed by atoms with van der Waals surface area (Å²) >= 11 is 11.8. The lowest BCUT2D eigenvalue weighted by molar-refractivity contribution is -0.139. The van der Waals surface area contributed by atoms with Crippen molar-refractivity contribution >= 4 is 34.1 Å². The molecule has 0 spiro atoms. The number of rotatable bonds is 2. The van der Waals surface area contributed by atoms with Crippen LogP contribution in [0.5, 0.6) is 0 Å². The van der Waals surface area contributed by atoms with Gasteiger partial charge in [0, 0.05) is 25.0 Å². The van der Waals surface area contributed by atoms with Crippen molar-refractivity contribution in [3.05, 3.63) is 74.3 Å². The molecule has 0 saturated carbocycles. The van der Waals surface area contributed by atoms with Crippen LogP contribution >= 0.6 is 23.2 Å². The molecule has 3 aromatic rings. The molecule has 0 N–H and O–H groups in total. The molecule has 0 fully saturated rings. The third-order valence-corrected chi connectivity index (χ3v) is 4.24. The van der Waals surface area contributed by atoms with E-state index in [-0.39, 0.29) is 12.1 Å². The lowest BCUT2D eigenvalue weighted by atomic mass is 10.1. The van der Waals surface area contributed by atoms with E-state index in [1.807, 2.05) is 0 Å². The topological polar surface area (TPSA) is 34.9 Å². The van der Waals surface area contributed by atoms with Gasteiger partial charge in [0.25, 0.3) is 0 Å². The van der Waals surface area contributed by atoms with E-state index in [9.17, 15) is 18.0 Å². The second-order valence-corrected chi connectivity index (χ2v) is 5.92. The van der Waals surface area contributed by atoms with Gasteiger partial charge >= 0.3 is 6.18 Å². The normalized spacial score (nSPS) is 11.9. The molecule has 1 aromatic carbocycles. The largest absolute Gasteiger partial charge is 0.434 e. The summed E-state index contributed by atoms with van der Waals surface area (Å²) in [6.45, 7) is 0.231. The van der Waals surface area contributed by atoms with Crippen LogP contribution in [0.25, 0.3) is 10.9 Å². The lowest BCUT2D eigenvalue weighted by Crippen LogP contribution is -2.17. The van der Waals surface area contributed by atoms with Gasteiger partial charge in [-0.05, 0) is 23.8 Å². The van der Waals surface area contributed by atoms with Crippen molar-refractivity contribution in [1.82, 2.24) is 9.55 Å². The number of aromatic nitrogens is 2. The molecular weight excluding hydrogens is 364 g/mol. The summed E-state index contributed by atoms with van der Waals surface area (Å²) in [7, 11) is 0. The van der Waals surface area contributed by atoms with Gasteiger partial charge in [0.2, 0.25) is 0 Å². The van der Waals surface area contributed by atoms with Crippen LogP contribution in [0.15, 0.2) is 47.5 Å². The molecule has 124 valence electrons. The molecule has 0 radical (unpaired) electrons. The minimum atomic E-state index is -4.71. The number of hydrogen-bond donors (Lipinski definition) is 0. The highest BCUT2D eigenvalue weighted by Gasteiger charge is 2.35. The zero-order valence-corrected chi connectivity index (χ0v) is 13.5. The van der Waals surface area contributed by atoms with Crippen LogP contribution in [-0.4, -0.2) is 9.55 Å². The first-order valence-corrected chi connectivity index (χ1v) is 7.52. The Morgan fingerprint density at radius 1 is 1.08 bits per heavy atom. The van der Waals surface area contributed by atoms with Crippen LogP contribution in [0.3, 0.4) is 0 Å². The number of alkyl halides is 3. The Morgan fingerprint density at radius 2 is 1.83 bits per heavy atom. The second kappa shape index (κ2) is 6.11. The fourth-order valence-corrected chi connectivity index (χ4v) is 2.76. The van der Waals surface area contributed by atoms with Gasteiger partial charge in [-0.15, -0.1) is 0 Å². The maximum Gasteiger partial charge on any atom is 0.434 e. The molecular formula is C16H9Cl2F3N2O. The van der Waals surface area contributed by atoms with E-state index in [0.717, 1.165) is 17.8 Å². The molecule has 3 rings (SSSR count). The minimum Gasteiger partial charge on any atom is -0.343 e. The lowest BCUT2D eigenvalue weighted by Gasteiger charge is -2.14. The molecule has 2 heterocycles. The molecule has 8 heteroatoms. The first kappa shape index (κ1) is 16.8. The number of pyridine rings is 2. The van der Waals surface area contributed by atoms with Crippen molar-refractivity contribution in [3.8, 4) is 0 Å². The summed E-state index contributed by atoms with van der Waals surface area (Å²) in [6, 6.07) is 7.41. The zero-order valence-electron chi connectivity index (χ0n) is 11.9. The molecule has 0 aliphatic rings. The van der Waals surface area contributed by atoms with Crippen LogP contribution in [0, 0.1) is 0 Å². The van der Waals surface area contributed by atoms with E-state index >= 15 is 0 Å². The summed E-state index contributed by atoms with van der Waals surface area (Å²) in [5.41, 5.74) is -1.03. The third-order valence-electron chi connectivity index (χ3n) is 3.50. The molecule has 24 heavy (non-hydrogen) atoms. The highest BCUT2D eigenvalue weighted by molar-refractivity contribution is 6.42. The van der Waals surface area contributed by atoms with E-state index in [1.165, 1.54) is 16.8 Å². The number of hydrogen-bond acceptors (Lipinski definition) is 2. The Morgan fingerprint density at radius 3 is 2.50 bits per heavy atom. The third kappa shape index (κ3) is 3.12. The maximum absolute atomic E-state index is 13.1. The van der Waals surface area contributed by atoms with Crippen molar-refractivity contribution < 1.29 is 13.2 Å². The monoisotopic (exact) mass is 372 g/mol. The van der Waals surface area contributed by atoms with Crippen molar-refractivity contribution in [1.29, 1.82) is 0 Å². The first-order valence-electron chi connectivity index (χ1n) is 6.76. The highest BCUT2D eigenvalue weighted by Crippen LogP contribution is 2.31. The first-order chi connectivity index (χ1) is 11.3. The average Bonchev–Trinajstić information content (AvgIpc) is 2.52. The smallest absolute Gasteiger partial charge is 0.343 e. The van der Waals surface area contributed by atoms with Gasteiger partial charge in [0.05, 0.1) is 20.9 Å². The van der Waals surface area contributed by atoms with Gasteiger partial charge in [-0.2, -0.15) is 13.2 Å². The summed E-state index contributed by atoms with van der Waals surface area (Å²) in [6.07, 6.45) is -2.23. The second-order valence-electron chi connectivity index (χ2n) is 5.11. The Kier molecular flexibility index (Phi) is 4.27. The zero-order chi connectivity index (χ0) is 17.5. The van der Waals surface area contributed by atoms with Crippen molar-refractivity contribution in [2.75, 3.05) is 0 Å². The number of benzene rings is 1. The molecule has 0 amide bonds. The van der Waals surface area contributed by atoms with Crippen LogP contribution in [0.2, 0.25) is 10.0 Å². The fourth-order valence-electron chi connectivity index (χ4n) is 2.44. The maximum atomic E-state index is 13.1. The van der Waals surface area contributed by atoms with Gasteiger partial charge in [0.15, 0.2) is 11.1 Å². The quantitative estimate of drug-likeness (QED) is 0.649. The van der Waals surface area contributed by atoms with E-state index in [2.05, 4.69) is 4.98 Å². The molecule has 0 aliphatic carbocycles. The fraction of sp³-hybridized carbons (Fsp3) is 0.125. The van der Waals surface area contributed by atoms with Crippen molar-refractivity contribution in [2.24, 2.45) is 0 Å². The molecule has 0 unspecified atom stereocenters. The highest BCUT2D eigenvalue weighted by atomic mass is 35.5. The molecule has 0 saturated heterocycles. The summed E-state index contributed by atoms with van der Waals surface area (Å²) in [4.78, 5) is 15.3. The summed E-state index contributed by atoms with van der Waals surface area (Å²) in [5.74, 6) is 0. The summed E-state index contributed by atoms with van der Waals surface area (Å²) < 4.78 is 40.9. The van der Waals surface area contributed by atoms with Gasteiger partial charge in [-0.3, -0.25) is 9.78 Å². The van der Waals surface area contributed by atoms with E-state index in [0.29, 0.717) is 10.0 Å².